The first-order valence-corrected chi connectivity index (χ1v) is 6.42. The van der Waals surface area contributed by atoms with E-state index in [0.717, 1.165) is 12.8 Å². The maximum absolute atomic E-state index is 12.3. The highest BCUT2D eigenvalue weighted by Crippen LogP contribution is 2.30. The molecule has 0 aliphatic heterocycles. The van der Waals surface area contributed by atoms with Crippen LogP contribution in [0, 0.1) is 0 Å². The lowest BCUT2D eigenvalue weighted by Gasteiger charge is -2.11. The minimum absolute atomic E-state index is 0.0243. The van der Waals surface area contributed by atoms with E-state index in [9.17, 15) is 14.4 Å². The second-order valence-electron chi connectivity index (χ2n) is 4.74. The predicted molar refractivity (Wildman–Crippen MR) is 73.8 cm³/mol. The summed E-state index contributed by atoms with van der Waals surface area (Å²) in [6.07, 6.45) is 0.0240. The second kappa shape index (κ2) is 4.93. The summed E-state index contributed by atoms with van der Waals surface area (Å²) in [4.78, 5) is 37.5. The van der Waals surface area contributed by atoms with Crippen LogP contribution < -0.4 is 16.0 Å². The van der Waals surface area contributed by atoms with E-state index in [0.29, 0.717) is 5.56 Å². The number of carbonyl (C=O) groups is 1. The fourth-order valence-corrected chi connectivity index (χ4v) is 1.99. The van der Waals surface area contributed by atoms with Crippen LogP contribution in [0.15, 0.2) is 39.9 Å². The highest BCUT2D eigenvalue weighted by molar-refractivity contribution is 5.73. The van der Waals surface area contributed by atoms with Crippen LogP contribution in [0.4, 0.5) is 4.79 Å². The summed E-state index contributed by atoms with van der Waals surface area (Å²) >= 11 is 0. The number of aromatic amines is 1. The van der Waals surface area contributed by atoms with Crippen molar-refractivity contribution in [2.24, 2.45) is 0 Å². The molecule has 0 radical (unpaired) electrons. The molecule has 0 unspecified atom stereocenters. The molecular weight excluding hydrogens is 276 g/mol. The van der Waals surface area contributed by atoms with Crippen molar-refractivity contribution in [3.8, 4) is 17.0 Å². The van der Waals surface area contributed by atoms with E-state index in [4.69, 9.17) is 9.84 Å². The molecule has 1 aromatic heterocycles. The third-order valence-corrected chi connectivity index (χ3v) is 3.13. The molecule has 0 saturated heterocycles. The number of nitrogens with one attached hydrogen (secondary N) is 1. The maximum atomic E-state index is 12.3. The van der Waals surface area contributed by atoms with Crippen LogP contribution >= 0.6 is 0 Å². The summed E-state index contributed by atoms with van der Waals surface area (Å²) in [5.41, 5.74) is -1.40. The summed E-state index contributed by atoms with van der Waals surface area (Å²) in [7, 11) is 0. The molecule has 3 rings (SSSR count). The number of hydrogen-bond donors (Lipinski definition) is 2. The van der Waals surface area contributed by atoms with E-state index in [-0.39, 0.29) is 22.1 Å². The van der Waals surface area contributed by atoms with Crippen molar-refractivity contribution in [3.05, 3.63) is 51.2 Å². The molecular formula is C14H12N2O5. The number of nitrogens with zero attached hydrogens (tertiary/aromatic N) is 1. The van der Waals surface area contributed by atoms with Crippen LogP contribution in [0.2, 0.25) is 0 Å². The largest absolute Gasteiger partial charge is 0.475 e. The van der Waals surface area contributed by atoms with Gasteiger partial charge in [0, 0.05) is 0 Å². The van der Waals surface area contributed by atoms with E-state index in [1.807, 2.05) is 0 Å². The van der Waals surface area contributed by atoms with E-state index < -0.39 is 17.3 Å². The van der Waals surface area contributed by atoms with Crippen LogP contribution in [0.5, 0.6) is 5.88 Å². The van der Waals surface area contributed by atoms with Gasteiger partial charge in [-0.15, -0.1) is 0 Å². The van der Waals surface area contributed by atoms with Gasteiger partial charge in [0.05, 0.1) is 0 Å². The van der Waals surface area contributed by atoms with Crippen molar-refractivity contribution in [1.29, 1.82) is 0 Å². The zero-order chi connectivity index (χ0) is 15.0. The van der Waals surface area contributed by atoms with Gasteiger partial charge in [-0.05, 0) is 18.4 Å². The van der Waals surface area contributed by atoms with Crippen LogP contribution in [0.3, 0.4) is 0 Å². The number of rotatable bonds is 3. The van der Waals surface area contributed by atoms with E-state index in [2.05, 4.69) is 4.98 Å². The highest BCUT2D eigenvalue weighted by Gasteiger charge is 2.28. The first kappa shape index (κ1) is 13.2. The Morgan fingerprint density at radius 1 is 1.24 bits per heavy atom. The Kier molecular flexibility index (Phi) is 3.09. The van der Waals surface area contributed by atoms with Gasteiger partial charge in [-0.1, -0.05) is 30.3 Å². The zero-order valence-corrected chi connectivity index (χ0v) is 10.9. The lowest BCUT2D eigenvalue weighted by Crippen LogP contribution is -2.40. The molecule has 7 nitrogen and oxygen atoms in total. The quantitative estimate of drug-likeness (QED) is 0.885. The predicted octanol–water partition coefficient (Wildman–Crippen LogP) is 1.27. The summed E-state index contributed by atoms with van der Waals surface area (Å²) < 4.78 is 5.69. The lowest BCUT2D eigenvalue weighted by atomic mass is 10.1. The van der Waals surface area contributed by atoms with E-state index >= 15 is 0 Å². The second-order valence-corrected chi connectivity index (χ2v) is 4.74. The third-order valence-electron chi connectivity index (χ3n) is 3.13. The zero-order valence-electron chi connectivity index (χ0n) is 10.9. The van der Waals surface area contributed by atoms with Crippen molar-refractivity contribution >= 4 is 6.09 Å². The van der Waals surface area contributed by atoms with Gasteiger partial charge in [0.2, 0.25) is 5.88 Å². The minimum atomic E-state index is -1.63. The maximum Gasteiger partial charge on any atom is 0.422 e. The monoisotopic (exact) mass is 288 g/mol. The van der Waals surface area contributed by atoms with Crippen LogP contribution in [0.1, 0.15) is 12.8 Å². The Balaban J connectivity index is 2.27. The normalized spacial score (nSPS) is 13.9. The molecule has 7 heteroatoms. The molecule has 2 aromatic rings. The average molecular weight is 288 g/mol. The summed E-state index contributed by atoms with van der Waals surface area (Å²) in [6.45, 7) is 0. The van der Waals surface area contributed by atoms with E-state index in [1.54, 1.807) is 30.3 Å². The van der Waals surface area contributed by atoms with Crippen LogP contribution in [-0.2, 0) is 0 Å². The summed E-state index contributed by atoms with van der Waals surface area (Å²) in [5, 5.41) is 9.01. The number of aromatic nitrogens is 2. The van der Waals surface area contributed by atoms with Gasteiger partial charge in [0.25, 0.3) is 5.56 Å². The molecule has 108 valence electrons. The fourth-order valence-electron chi connectivity index (χ4n) is 1.99. The van der Waals surface area contributed by atoms with Crippen molar-refractivity contribution < 1.29 is 14.6 Å². The van der Waals surface area contributed by atoms with Crippen molar-refractivity contribution in [3.63, 3.8) is 0 Å². The number of benzene rings is 1. The molecule has 1 aliphatic carbocycles. The number of ether oxygens (including phenoxy) is 1. The molecule has 1 fully saturated rings. The Morgan fingerprint density at radius 2 is 1.90 bits per heavy atom. The van der Waals surface area contributed by atoms with Gasteiger partial charge < -0.3 is 9.84 Å². The van der Waals surface area contributed by atoms with Gasteiger partial charge in [-0.2, -0.15) is 4.57 Å². The Bertz CT molecular complexity index is 802. The summed E-state index contributed by atoms with van der Waals surface area (Å²) in [6, 6.07) is 8.51. The Labute approximate surface area is 118 Å². The molecule has 0 amide bonds. The van der Waals surface area contributed by atoms with Crippen molar-refractivity contribution in [2.75, 3.05) is 0 Å². The molecule has 0 atom stereocenters. The van der Waals surface area contributed by atoms with Crippen LogP contribution in [-0.4, -0.2) is 26.9 Å². The lowest BCUT2D eigenvalue weighted by molar-refractivity contribution is 0.193. The first-order chi connectivity index (χ1) is 10.1. The highest BCUT2D eigenvalue weighted by atomic mass is 16.5. The standard InChI is InChI=1S/C14H12N2O5/c17-12-10(8-4-2-1-3-5-8)11(21-9-6-7-9)15-13(18)16(12)14(19)20/h1-5,9H,6-7H2,(H,15,18)(H,19,20). The Hall–Kier alpha value is -2.83. The van der Waals surface area contributed by atoms with Gasteiger partial charge in [0.1, 0.15) is 11.7 Å². The molecule has 2 N–H and O–H groups in total. The Morgan fingerprint density at radius 3 is 2.48 bits per heavy atom. The smallest absolute Gasteiger partial charge is 0.422 e. The number of hydrogen-bond acceptors (Lipinski definition) is 4. The molecule has 1 aromatic carbocycles. The average Bonchev–Trinajstić information content (AvgIpc) is 3.23. The topological polar surface area (TPSA) is 101 Å². The number of carboxylic acid groups (broad SMARTS) is 1. The van der Waals surface area contributed by atoms with E-state index in [1.165, 1.54) is 0 Å². The first-order valence-electron chi connectivity index (χ1n) is 6.42. The SMILES string of the molecule is O=C(O)n1c(=O)[nH]c(OC2CC2)c(-c2ccccc2)c1=O. The van der Waals surface area contributed by atoms with Gasteiger partial charge in [-0.3, -0.25) is 9.78 Å². The fraction of sp³-hybridized carbons (Fsp3) is 0.214. The molecule has 1 aliphatic rings. The number of H-pyrrole nitrogens is 1. The van der Waals surface area contributed by atoms with Gasteiger partial charge in [-0.25, -0.2) is 9.59 Å². The molecule has 21 heavy (non-hydrogen) atoms. The van der Waals surface area contributed by atoms with Crippen LogP contribution in [0.25, 0.3) is 11.1 Å². The van der Waals surface area contributed by atoms with Crippen molar-refractivity contribution in [2.45, 2.75) is 18.9 Å². The molecule has 0 spiro atoms. The minimum Gasteiger partial charge on any atom is -0.475 e. The molecule has 0 bridgehead atoms. The van der Waals surface area contributed by atoms with Gasteiger partial charge >= 0.3 is 11.8 Å². The molecule has 1 saturated carbocycles. The van der Waals surface area contributed by atoms with Crippen molar-refractivity contribution in [1.82, 2.24) is 9.55 Å². The van der Waals surface area contributed by atoms with Gasteiger partial charge in [0.15, 0.2) is 0 Å². The summed E-state index contributed by atoms with van der Waals surface area (Å²) in [5.74, 6) is 0.0243. The molecule has 1 heterocycles. The third kappa shape index (κ3) is 2.45.